The SMILES string of the molecule is O=C(c1ccc(OCc2ccncc2)cc1)N1CC(N2CCN(C(=O)c3nccs3)CC2)C1. The van der Waals surface area contributed by atoms with Gasteiger partial charge in [0, 0.05) is 74.8 Å². The number of carbonyl (C=O) groups excluding carboxylic acids is 2. The zero-order valence-electron chi connectivity index (χ0n) is 18.2. The molecule has 0 atom stereocenters. The van der Waals surface area contributed by atoms with Crippen molar-refractivity contribution in [2.75, 3.05) is 39.3 Å². The molecule has 170 valence electrons. The summed E-state index contributed by atoms with van der Waals surface area (Å²) in [6.45, 7) is 4.96. The molecule has 0 saturated carbocycles. The molecule has 2 saturated heterocycles. The van der Waals surface area contributed by atoms with Crippen LogP contribution in [0.1, 0.15) is 25.7 Å². The van der Waals surface area contributed by atoms with Crippen LogP contribution in [0.3, 0.4) is 0 Å². The minimum absolute atomic E-state index is 0.0169. The van der Waals surface area contributed by atoms with E-state index in [0.717, 1.165) is 37.5 Å². The molecule has 0 bridgehead atoms. The van der Waals surface area contributed by atoms with Gasteiger partial charge in [0.1, 0.15) is 12.4 Å². The van der Waals surface area contributed by atoms with E-state index >= 15 is 0 Å². The lowest BCUT2D eigenvalue weighted by atomic mass is 10.0. The summed E-state index contributed by atoms with van der Waals surface area (Å²) >= 11 is 1.38. The molecule has 0 aliphatic carbocycles. The molecular weight excluding hydrogens is 438 g/mol. The maximum absolute atomic E-state index is 12.8. The molecule has 2 aliphatic heterocycles. The van der Waals surface area contributed by atoms with E-state index in [1.807, 2.05) is 51.6 Å². The first kappa shape index (κ1) is 21.5. The van der Waals surface area contributed by atoms with Crippen molar-refractivity contribution < 1.29 is 14.3 Å². The second-order valence-electron chi connectivity index (χ2n) is 8.20. The fraction of sp³-hybridized carbons (Fsp3) is 0.333. The zero-order chi connectivity index (χ0) is 22.6. The van der Waals surface area contributed by atoms with Crippen LogP contribution in [-0.2, 0) is 6.61 Å². The van der Waals surface area contributed by atoms with Crippen molar-refractivity contribution >= 4 is 23.2 Å². The molecule has 0 spiro atoms. The van der Waals surface area contributed by atoms with Gasteiger partial charge in [-0.1, -0.05) is 0 Å². The topological polar surface area (TPSA) is 78.9 Å². The van der Waals surface area contributed by atoms with Gasteiger partial charge >= 0.3 is 0 Å². The molecule has 33 heavy (non-hydrogen) atoms. The van der Waals surface area contributed by atoms with Crippen LogP contribution in [0.4, 0.5) is 0 Å². The van der Waals surface area contributed by atoms with E-state index < -0.39 is 0 Å². The lowest BCUT2D eigenvalue weighted by Crippen LogP contribution is -2.64. The molecule has 2 amide bonds. The number of hydrogen-bond donors (Lipinski definition) is 0. The van der Waals surface area contributed by atoms with Crippen molar-refractivity contribution in [2.24, 2.45) is 0 Å². The second kappa shape index (κ2) is 9.68. The third kappa shape index (κ3) is 4.89. The van der Waals surface area contributed by atoms with E-state index in [2.05, 4.69) is 14.9 Å². The van der Waals surface area contributed by atoms with Crippen molar-refractivity contribution in [3.63, 3.8) is 0 Å². The summed E-state index contributed by atoms with van der Waals surface area (Å²) < 4.78 is 5.78. The number of hydrogen-bond acceptors (Lipinski definition) is 7. The maximum Gasteiger partial charge on any atom is 0.282 e. The monoisotopic (exact) mass is 463 g/mol. The van der Waals surface area contributed by atoms with Gasteiger partial charge in [0.2, 0.25) is 0 Å². The van der Waals surface area contributed by atoms with Crippen LogP contribution in [-0.4, -0.2) is 81.8 Å². The number of likely N-dealkylation sites (tertiary alicyclic amines) is 1. The number of pyridine rings is 1. The Morgan fingerprint density at radius 1 is 0.909 bits per heavy atom. The quantitative estimate of drug-likeness (QED) is 0.559. The van der Waals surface area contributed by atoms with Crippen molar-refractivity contribution in [1.29, 1.82) is 0 Å². The number of amides is 2. The minimum atomic E-state index is 0.0169. The lowest BCUT2D eigenvalue weighted by molar-refractivity contribution is 0.00853. The number of aromatic nitrogens is 2. The molecule has 0 unspecified atom stereocenters. The Morgan fingerprint density at radius 3 is 2.30 bits per heavy atom. The molecule has 0 N–H and O–H groups in total. The molecule has 9 heteroatoms. The molecule has 5 rings (SSSR count). The van der Waals surface area contributed by atoms with Gasteiger partial charge in [-0.3, -0.25) is 19.5 Å². The molecule has 0 radical (unpaired) electrons. The highest BCUT2D eigenvalue weighted by Crippen LogP contribution is 2.22. The number of piperazine rings is 1. The summed E-state index contributed by atoms with van der Waals surface area (Å²) in [5.41, 5.74) is 1.72. The summed E-state index contributed by atoms with van der Waals surface area (Å²) in [5.74, 6) is 0.794. The Hall–Kier alpha value is -3.30. The van der Waals surface area contributed by atoms with Gasteiger partial charge in [-0.15, -0.1) is 11.3 Å². The summed E-state index contributed by atoms with van der Waals surface area (Å²) in [4.78, 5) is 39.5. The molecule has 2 aromatic heterocycles. The molecule has 3 aromatic rings. The Kier molecular flexibility index (Phi) is 6.32. The zero-order valence-corrected chi connectivity index (χ0v) is 19.0. The van der Waals surface area contributed by atoms with E-state index in [0.29, 0.717) is 36.3 Å². The fourth-order valence-corrected chi connectivity index (χ4v) is 4.73. The van der Waals surface area contributed by atoms with Crippen LogP contribution in [0.2, 0.25) is 0 Å². The summed E-state index contributed by atoms with van der Waals surface area (Å²) in [6, 6.07) is 11.5. The first-order valence-corrected chi connectivity index (χ1v) is 11.9. The van der Waals surface area contributed by atoms with Crippen LogP contribution in [0, 0.1) is 0 Å². The third-order valence-corrected chi connectivity index (χ3v) is 6.90. The van der Waals surface area contributed by atoms with Gasteiger partial charge in [0.05, 0.1) is 0 Å². The lowest BCUT2D eigenvalue weighted by Gasteiger charge is -2.48. The highest BCUT2D eigenvalue weighted by Gasteiger charge is 2.37. The van der Waals surface area contributed by atoms with Gasteiger partial charge in [-0.2, -0.15) is 0 Å². The highest BCUT2D eigenvalue weighted by atomic mass is 32.1. The van der Waals surface area contributed by atoms with E-state index in [-0.39, 0.29) is 11.8 Å². The first-order chi connectivity index (χ1) is 16.2. The first-order valence-electron chi connectivity index (χ1n) is 11.0. The number of rotatable bonds is 6. The van der Waals surface area contributed by atoms with Crippen LogP contribution in [0.5, 0.6) is 5.75 Å². The van der Waals surface area contributed by atoms with Gasteiger partial charge in [0.15, 0.2) is 5.01 Å². The minimum Gasteiger partial charge on any atom is -0.489 e. The van der Waals surface area contributed by atoms with Gasteiger partial charge in [0.25, 0.3) is 11.8 Å². The standard InChI is InChI=1S/C24H25N5O3S/c30-23(19-1-3-21(4-2-19)32-17-18-5-7-25-8-6-18)29-15-20(16-29)27-10-12-28(13-11-27)24(31)22-26-9-14-33-22/h1-9,14,20H,10-13,15-17H2. The predicted molar refractivity (Wildman–Crippen MR) is 124 cm³/mol. The second-order valence-corrected chi connectivity index (χ2v) is 9.09. The molecule has 2 aliphatic rings. The fourth-order valence-electron chi connectivity index (χ4n) is 4.13. The Labute approximate surface area is 196 Å². The number of ether oxygens (including phenoxy) is 1. The van der Waals surface area contributed by atoms with Crippen molar-refractivity contribution in [3.8, 4) is 5.75 Å². The van der Waals surface area contributed by atoms with E-state index in [4.69, 9.17) is 4.74 Å². The third-order valence-electron chi connectivity index (χ3n) is 6.14. The van der Waals surface area contributed by atoms with Gasteiger partial charge in [-0.05, 0) is 42.0 Å². The van der Waals surface area contributed by atoms with Crippen LogP contribution in [0.15, 0.2) is 60.4 Å². The van der Waals surface area contributed by atoms with Crippen LogP contribution >= 0.6 is 11.3 Å². The average molecular weight is 464 g/mol. The van der Waals surface area contributed by atoms with Crippen LogP contribution < -0.4 is 4.74 Å². The smallest absolute Gasteiger partial charge is 0.282 e. The molecular formula is C24H25N5O3S. The molecule has 4 heterocycles. The molecule has 8 nitrogen and oxygen atoms in total. The van der Waals surface area contributed by atoms with Crippen molar-refractivity contribution in [1.82, 2.24) is 24.7 Å². The number of carbonyl (C=O) groups is 2. The van der Waals surface area contributed by atoms with Crippen molar-refractivity contribution in [3.05, 3.63) is 76.5 Å². The van der Waals surface area contributed by atoms with Crippen LogP contribution in [0.25, 0.3) is 0 Å². The Balaban J connectivity index is 1.07. The summed E-state index contributed by atoms with van der Waals surface area (Å²) in [5, 5.41) is 2.38. The summed E-state index contributed by atoms with van der Waals surface area (Å²) in [7, 11) is 0. The normalized spacial score (nSPS) is 17.0. The number of benzene rings is 1. The molecule has 2 fully saturated rings. The molecule has 1 aromatic carbocycles. The largest absolute Gasteiger partial charge is 0.489 e. The van der Waals surface area contributed by atoms with E-state index in [1.165, 1.54) is 11.3 Å². The van der Waals surface area contributed by atoms with Crippen molar-refractivity contribution in [2.45, 2.75) is 12.6 Å². The number of thiazole rings is 1. The Bertz CT molecular complexity index is 1080. The van der Waals surface area contributed by atoms with E-state index in [9.17, 15) is 9.59 Å². The Morgan fingerprint density at radius 2 is 1.64 bits per heavy atom. The summed E-state index contributed by atoms with van der Waals surface area (Å²) in [6.07, 6.45) is 5.14. The maximum atomic E-state index is 12.8. The van der Waals surface area contributed by atoms with Gasteiger partial charge < -0.3 is 14.5 Å². The predicted octanol–water partition coefficient (Wildman–Crippen LogP) is 2.40. The highest BCUT2D eigenvalue weighted by molar-refractivity contribution is 7.11. The van der Waals surface area contributed by atoms with Gasteiger partial charge in [-0.25, -0.2) is 4.98 Å². The van der Waals surface area contributed by atoms with E-state index in [1.54, 1.807) is 18.6 Å². The average Bonchev–Trinajstić information content (AvgIpc) is 3.38. The number of nitrogens with zero attached hydrogens (tertiary/aromatic N) is 5.